The number of alkyl halides is 3. The van der Waals surface area contributed by atoms with E-state index < -0.39 is 17.7 Å². The SMILES string of the molecule is CNCC1CCCN(C(=O)CC(C)c2ccccc2C(F)(F)F)C1. The van der Waals surface area contributed by atoms with Crippen molar-refractivity contribution in [2.75, 3.05) is 26.7 Å². The summed E-state index contributed by atoms with van der Waals surface area (Å²) in [5.74, 6) is -0.0919. The zero-order valence-electron chi connectivity index (χ0n) is 14.2. The van der Waals surface area contributed by atoms with E-state index in [0.29, 0.717) is 19.0 Å². The fourth-order valence-electron chi connectivity index (χ4n) is 3.43. The van der Waals surface area contributed by atoms with Crippen molar-refractivity contribution in [2.45, 2.75) is 38.3 Å². The fraction of sp³-hybridized carbons (Fsp3) is 0.611. The van der Waals surface area contributed by atoms with Gasteiger partial charge in [-0.05, 0) is 49.9 Å². The molecule has 6 heteroatoms. The van der Waals surface area contributed by atoms with Gasteiger partial charge in [0.05, 0.1) is 5.56 Å². The lowest BCUT2D eigenvalue weighted by Gasteiger charge is -2.33. The molecular weight excluding hydrogens is 317 g/mol. The number of amides is 1. The molecule has 1 N–H and O–H groups in total. The van der Waals surface area contributed by atoms with Gasteiger partial charge in [-0.3, -0.25) is 4.79 Å². The minimum Gasteiger partial charge on any atom is -0.342 e. The van der Waals surface area contributed by atoms with Gasteiger partial charge in [0, 0.05) is 19.5 Å². The lowest BCUT2D eigenvalue weighted by Crippen LogP contribution is -2.42. The van der Waals surface area contributed by atoms with Gasteiger partial charge in [0.15, 0.2) is 0 Å². The summed E-state index contributed by atoms with van der Waals surface area (Å²) in [6, 6.07) is 5.53. The number of piperidine rings is 1. The van der Waals surface area contributed by atoms with Gasteiger partial charge < -0.3 is 10.2 Å². The normalized spacial score (nSPS) is 20.0. The van der Waals surface area contributed by atoms with Gasteiger partial charge in [-0.1, -0.05) is 25.1 Å². The minimum absolute atomic E-state index is 0.0553. The van der Waals surface area contributed by atoms with Crippen molar-refractivity contribution in [1.82, 2.24) is 10.2 Å². The van der Waals surface area contributed by atoms with Crippen molar-refractivity contribution in [2.24, 2.45) is 5.92 Å². The second-order valence-corrected chi connectivity index (χ2v) is 6.60. The number of nitrogens with zero attached hydrogens (tertiary/aromatic N) is 1. The van der Waals surface area contributed by atoms with Gasteiger partial charge in [-0.2, -0.15) is 13.2 Å². The van der Waals surface area contributed by atoms with Crippen molar-refractivity contribution < 1.29 is 18.0 Å². The molecule has 0 spiro atoms. The van der Waals surface area contributed by atoms with Crippen LogP contribution in [0.4, 0.5) is 13.2 Å². The van der Waals surface area contributed by atoms with Crippen LogP contribution in [0.1, 0.15) is 43.2 Å². The highest BCUT2D eigenvalue weighted by atomic mass is 19.4. The van der Waals surface area contributed by atoms with E-state index >= 15 is 0 Å². The van der Waals surface area contributed by atoms with Crippen LogP contribution in [-0.2, 0) is 11.0 Å². The molecule has 1 aromatic carbocycles. The van der Waals surface area contributed by atoms with Crippen LogP contribution in [0.15, 0.2) is 24.3 Å². The van der Waals surface area contributed by atoms with Crippen molar-refractivity contribution in [3.63, 3.8) is 0 Å². The van der Waals surface area contributed by atoms with Gasteiger partial charge in [-0.15, -0.1) is 0 Å². The van der Waals surface area contributed by atoms with Crippen LogP contribution in [0.5, 0.6) is 0 Å². The number of nitrogens with one attached hydrogen (secondary N) is 1. The van der Waals surface area contributed by atoms with Crippen molar-refractivity contribution in [1.29, 1.82) is 0 Å². The van der Waals surface area contributed by atoms with E-state index in [4.69, 9.17) is 0 Å². The van der Waals surface area contributed by atoms with Crippen LogP contribution in [0.2, 0.25) is 0 Å². The molecule has 0 aliphatic carbocycles. The molecule has 1 amide bonds. The molecule has 134 valence electrons. The van der Waals surface area contributed by atoms with Crippen LogP contribution >= 0.6 is 0 Å². The van der Waals surface area contributed by atoms with Crippen LogP contribution in [-0.4, -0.2) is 37.5 Å². The van der Waals surface area contributed by atoms with Crippen LogP contribution < -0.4 is 5.32 Å². The molecule has 2 atom stereocenters. The average molecular weight is 342 g/mol. The lowest BCUT2D eigenvalue weighted by molar-refractivity contribution is -0.139. The first-order chi connectivity index (χ1) is 11.3. The summed E-state index contributed by atoms with van der Waals surface area (Å²) < 4.78 is 39.4. The Labute approximate surface area is 141 Å². The lowest BCUT2D eigenvalue weighted by atomic mass is 9.91. The number of likely N-dealkylation sites (tertiary alicyclic amines) is 1. The van der Waals surface area contributed by atoms with Gasteiger partial charge >= 0.3 is 6.18 Å². The first-order valence-electron chi connectivity index (χ1n) is 8.41. The maximum atomic E-state index is 13.1. The molecule has 0 bridgehead atoms. The summed E-state index contributed by atoms with van der Waals surface area (Å²) in [4.78, 5) is 14.3. The van der Waals surface area contributed by atoms with Crippen molar-refractivity contribution >= 4 is 5.91 Å². The van der Waals surface area contributed by atoms with Gasteiger partial charge in [0.2, 0.25) is 5.91 Å². The molecule has 0 radical (unpaired) electrons. The third-order valence-corrected chi connectivity index (χ3v) is 4.64. The Bertz CT molecular complexity index is 557. The smallest absolute Gasteiger partial charge is 0.342 e. The molecule has 1 saturated heterocycles. The largest absolute Gasteiger partial charge is 0.416 e. The highest BCUT2D eigenvalue weighted by Crippen LogP contribution is 2.36. The van der Waals surface area contributed by atoms with Crippen LogP contribution in [0, 0.1) is 5.92 Å². The number of hydrogen-bond acceptors (Lipinski definition) is 2. The zero-order valence-corrected chi connectivity index (χ0v) is 14.2. The second-order valence-electron chi connectivity index (χ2n) is 6.60. The van der Waals surface area contributed by atoms with E-state index in [9.17, 15) is 18.0 Å². The standard InChI is InChI=1S/C18H25F3N2O/c1-13(15-7-3-4-8-16(15)18(19,20)21)10-17(24)23-9-5-6-14(12-23)11-22-2/h3-4,7-8,13-14,22H,5-6,9-12H2,1-2H3. The van der Waals surface area contributed by atoms with E-state index in [1.165, 1.54) is 12.1 Å². The summed E-state index contributed by atoms with van der Waals surface area (Å²) in [6.45, 7) is 3.94. The van der Waals surface area contributed by atoms with Gasteiger partial charge in [-0.25, -0.2) is 0 Å². The predicted octanol–water partition coefficient (Wildman–Crippen LogP) is 3.66. The van der Waals surface area contributed by atoms with E-state index in [1.54, 1.807) is 17.9 Å². The number of carbonyl (C=O) groups is 1. The second kappa shape index (κ2) is 8.01. The Balaban J connectivity index is 2.04. The third-order valence-electron chi connectivity index (χ3n) is 4.64. The average Bonchev–Trinajstić information content (AvgIpc) is 2.54. The predicted molar refractivity (Wildman–Crippen MR) is 87.7 cm³/mol. The molecule has 3 nitrogen and oxygen atoms in total. The van der Waals surface area contributed by atoms with Crippen LogP contribution in [0.3, 0.4) is 0 Å². The molecule has 1 aliphatic rings. The zero-order chi connectivity index (χ0) is 17.7. The highest BCUT2D eigenvalue weighted by molar-refractivity contribution is 5.77. The Morgan fingerprint density at radius 3 is 2.75 bits per heavy atom. The Kier molecular flexibility index (Phi) is 6.27. The Morgan fingerprint density at radius 1 is 1.38 bits per heavy atom. The number of rotatable bonds is 5. The first kappa shape index (κ1) is 18.8. The molecule has 1 fully saturated rings. The van der Waals surface area contributed by atoms with Gasteiger partial charge in [0.1, 0.15) is 0 Å². The molecule has 2 unspecified atom stereocenters. The number of hydrogen-bond donors (Lipinski definition) is 1. The molecule has 1 aromatic rings. The summed E-state index contributed by atoms with van der Waals surface area (Å²) in [7, 11) is 1.89. The van der Waals surface area contributed by atoms with Crippen molar-refractivity contribution in [3.05, 3.63) is 35.4 Å². The van der Waals surface area contributed by atoms with Crippen LogP contribution in [0.25, 0.3) is 0 Å². The Hall–Kier alpha value is -1.56. The highest BCUT2D eigenvalue weighted by Gasteiger charge is 2.35. The number of halogens is 3. The van der Waals surface area contributed by atoms with E-state index in [2.05, 4.69) is 5.32 Å². The number of carbonyl (C=O) groups excluding carboxylic acids is 1. The molecule has 1 heterocycles. The van der Waals surface area contributed by atoms with E-state index in [-0.39, 0.29) is 17.9 Å². The quantitative estimate of drug-likeness (QED) is 0.886. The molecule has 0 aromatic heterocycles. The van der Waals surface area contributed by atoms with E-state index in [1.807, 2.05) is 7.05 Å². The summed E-state index contributed by atoms with van der Waals surface area (Å²) in [5.41, 5.74) is -0.445. The maximum Gasteiger partial charge on any atom is 0.416 e. The maximum absolute atomic E-state index is 13.1. The summed E-state index contributed by atoms with van der Waals surface area (Å²) in [6.07, 6.45) is -2.25. The topological polar surface area (TPSA) is 32.3 Å². The van der Waals surface area contributed by atoms with E-state index in [0.717, 1.165) is 25.5 Å². The molecular formula is C18H25F3N2O. The Morgan fingerprint density at radius 2 is 2.08 bits per heavy atom. The number of benzene rings is 1. The summed E-state index contributed by atoms with van der Waals surface area (Å²) >= 11 is 0. The monoisotopic (exact) mass is 342 g/mol. The summed E-state index contributed by atoms with van der Waals surface area (Å²) in [5, 5.41) is 3.12. The van der Waals surface area contributed by atoms with Gasteiger partial charge in [0.25, 0.3) is 0 Å². The first-order valence-corrected chi connectivity index (χ1v) is 8.41. The molecule has 0 saturated carbocycles. The molecule has 1 aliphatic heterocycles. The molecule has 24 heavy (non-hydrogen) atoms. The molecule has 2 rings (SSSR count). The fourth-order valence-corrected chi connectivity index (χ4v) is 3.43. The minimum atomic E-state index is -4.39. The van der Waals surface area contributed by atoms with Crippen molar-refractivity contribution in [3.8, 4) is 0 Å². The third kappa shape index (κ3) is 4.72.